The van der Waals surface area contributed by atoms with E-state index in [9.17, 15) is 46.0 Å². The zero-order chi connectivity index (χ0) is 22.9. The molecule has 0 aliphatic carbocycles. The number of phenolic OH excluding ortho intramolecular Hbond substituents is 2. The highest BCUT2D eigenvalue weighted by atomic mass is 16.7. The molecule has 0 radical (unpaired) electrons. The molecule has 0 spiro atoms. The van der Waals surface area contributed by atoms with Gasteiger partial charge in [-0.2, -0.15) is 0 Å². The van der Waals surface area contributed by atoms with Crippen LogP contribution in [0.4, 0.5) is 0 Å². The van der Waals surface area contributed by atoms with Crippen LogP contribution in [-0.2, 0) is 14.2 Å². The van der Waals surface area contributed by atoms with E-state index in [1.807, 2.05) is 0 Å². The first-order chi connectivity index (χ1) is 14.7. The van der Waals surface area contributed by atoms with E-state index in [1.54, 1.807) is 0 Å². The summed E-state index contributed by atoms with van der Waals surface area (Å²) < 4.78 is 21.4. The van der Waals surface area contributed by atoms with Crippen molar-refractivity contribution in [2.75, 3.05) is 13.2 Å². The largest absolute Gasteiger partial charge is 0.504 e. The van der Waals surface area contributed by atoms with Crippen molar-refractivity contribution >= 4 is 0 Å². The summed E-state index contributed by atoms with van der Waals surface area (Å²) >= 11 is 0. The van der Waals surface area contributed by atoms with Gasteiger partial charge in [-0.1, -0.05) is 6.07 Å². The Morgan fingerprint density at radius 2 is 1.35 bits per heavy atom. The van der Waals surface area contributed by atoms with Crippen molar-refractivity contribution in [3.05, 3.63) is 18.2 Å². The minimum atomic E-state index is -1.78. The highest BCUT2D eigenvalue weighted by Gasteiger charge is 2.51. The van der Waals surface area contributed by atoms with E-state index in [2.05, 4.69) is 0 Å². The Morgan fingerprint density at radius 1 is 0.742 bits per heavy atom. The fourth-order valence-corrected chi connectivity index (χ4v) is 3.38. The molecular formula is C18H26O13. The first kappa shape index (κ1) is 23.9. The van der Waals surface area contributed by atoms with Crippen molar-refractivity contribution in [2.45, 2.75) is 61.4 Å². The summed E-state index contributed by atoms with van der Waals surface area (Å²) in [5.74, 6) is -1.39. The molecule has 1 aromatic carbocycles. The van der Waals surface area contributed by atoms with Crippen LogP contribution in [0.2, 0.25) is 0 Å². The van der Waals surface area contributed by atoms with E-state index in [1.165, 1.54) is 18.2 Å². The molecule has 1 aromatic rings. The van der Waals surface area contributed by atoms with Gasteiger partial charge in [-0.15, -0.1) is 0 Å². The lowest BCUT2D eigenvalue weighted by molar-refractivity contribution is -0.352. The van der Waals surface area contributed by atoms with E-state index < -0.39 is 86.1 Å². The third-order valence-electron chi connectivity index (χ3n) is 5.18. The molecule has 0 amide bonds. The molecule has 10 atom stereocenters. The van der Waals surface area contributed by atoms with E-state index in [0.29, 0.717) is 0 Å². The first-order valence-electron chi connectivity index (χ1n) is 9.45. The van der Waals surface area contributed by atoms with E-state index in [-0.39, 0.29) is 5.75 Å². The average Bonchev–Trinajstić information content (AvgIpc) is 2.76. The molecule has 2 aliphatic heterocycles. The van der Waals surface area contributed by atoms with Gasteiger partial charge in [0.15, 0.2) is 17.8 Å². The van der Waals surface area contributed by atoms with Gasteiger partial charge in [-0.05, 0) is 12.1 Å². The lowest BCUT2D eigenvalue weighted by Crippen LogP contribution is -2.65. The lowest BCUT2D eigenvalue weighted by Gasteiger charge is -2.45. The van der Waals surface area contributed by atoms with Crippen LogP contribution in [-0.4, -0.2) is 121 Å². The number of para-hydroxylation sites is 1. The van der Waals surface area contributed by atoms with Gasteiger partial charge in [0.25, 0.3) is 0 Å². The van der Waals surface area contributed by atoms with Gasteiger partial charge in [-0.3, -0.25) is 0 Å². The van der Waals surface area contributed by atoms with Crippen LogP contribution in [0, 0.1) is 0 Å². The number of benzene rings is 1. The molecular weight excluding hydrogens is 424 g/mol. The molecule has 2 heterocycles. The normalized spacial score (nSPS) is 41.1. The summed E-state index contributed by atoms with van der Waals surface area (Å²) in [6.45, 7) is -1.44. The third-order valence-corrected chi connectivity index (χ3v) is 5.18. The van der Waals surface area contributed by atoms with Crippen molar-refractivity contribution in [1.29, 1.82) is 0 Å². The molecule has 2 fully saturated rings. The Hall–Kier alpha value is -1.78. The Kier molecular flexibility index (Phi) is 7.54. The second-order valence-electron chi connectivity index (χ2n) is 7.25. The molecule has 13 nitrogen and oxygen atoms in total. The Morgan fingerprint density at radius 3 is 2.00 bits per heavy atom. The van der Waals surface area contributed by atoms with Crippen molar-refractivity contribution in [1.82, 2.24) is 0 Å². The molecule has 2 aliphatic rings. The third kappa shape index (κ3) is 4.70. The number of aromatic hydroxyl groups is 2. The summed E-state index contributed by atoms with van der Waals surface area (Å²) in [4.78, 5) is 0. The number of phenols is 2. The molecule has 13 heteroatoms. The monoisotopic (exact) mass is 450 g/mol. The second kappa shape index (κ2) is 9.79. The minimum Gasteiger partial charge on any atom is -0.504 e. The topological polar surface area (TPSA) is 219 Å². The molecule has 176 valence electrons. The standard InChI is InChI=1S/C18H26O13/c19-4-8-11(23)12(24)14(26)18(29-8)31-16-9(5-20)30-17(15(27)13(16)25)28-7-3-1-2-6(21)10(7)22/h1-3,8-9,11-27H,4-5H2/t8-,9-,11+,12+,13-,14-,15-,16-,17-,18+/m1/s1. The maximum Gasteiger partial charge on any atom is 0.229 e. The quantitative estimate of drug-likeness (QED) is 0.189. The molecule has 2 saturated heterocycles. The van der Waals surface area contributed by atoms with Gasteiger partial charge in [-0.25, -0.2) is 0 Å². The highest BCUT2D eigenvalue weighted by molar-refractivity contribution is 5.48. The van der Waals surface area contributed by atoms with Crippen LogP contribution in [0.15, 0.2) is 18.2 Å². The van der Waals surface area contributed by atoms with Gasteiger partial charge in [0.2, 0.25) is 12.0 Å². The first-order valence-corrected chi connectivity index (χ1v) is 9.45. The number of hydrogen-bond acceptors (Lipinski definition) is 13. The molecule has 31 heavy (non-hydrogen) atoms. The van der Waals surface area contributed by atoms with Crippen molar-refractivity contribution < 1.29 is 64.9 Å². The molecule has 3 rings (SSSR count). The Labute approximate surface area is 175 Å². The van der Waals surface area contributed by atoms with Gasteiger partial charge in [0.1, 0.15) is 48.8 Å². The number of aliphatic hydroxyl groups is 7. The summed E-state index contributed by atoms with van der Waals surface area (Å²) in [5, 5.41) is 89.0. The van der Waals surface area contributed by atoms with Gasteiger partial charge in [0, 0.05) is 0 Å². The van der Waals surface area contributed by atoms with Gasteiger partial charge in [0.05, 0.1) is 13.2 Å². The maximum atomic E-state index is 10.5. The summed E-state index contributed by atoms with van der Waals surface area (Å²) in [6, 6.07) is 3.81. The molecule has 0 bridgehead atoms. The number of ether oxygens (including phenoxy) is 4. The van der Waals surface area contributed by atoms with Crippen molar-refractivity contribution in [2.24, 2.45) is 0 Å². The average molecular weight is 450 g/mol. The van der Waals surface area contributed by atoms with Crippen molar-refractivity contribution in [3.63, 3.8) is 0 Å². The van der Waals surface area contributed by atoms with E-state index >= 15 is 0 Å². The number of aliphatic hydroxyl groups excluding tert-OH is 7. The summed E-state index contributed by atoms with van der Waals surface area (Å²) in [7, 11) is 0. The molecule has 9 N–H and O–H groups in total. The van der Waals surface area contributed by atoms with Crippen molar-refractivity contribution in [3.8, 4) is 17.2 Å². The predicted molar refractivity (Wildman–Crippen MR) is 96.8 cm³/mol. The summed E-state index contributed by atoms with van der Waals surface area (Å²) in [5.41, 5.74) is 0. The Bertz CT molecular complexity index is 728. The highest BCUT2D eigenvalue weighted by Crippen LogP contribution is 2.37. The van der Waals surface area contributed by atoms with Crippen LogP contribution in [0.5, 0.6) is 17.2 Å². The van der Waals surface area contributed by atoms with Crippen LogP contribution in [0.25, 0.3) is 0 Å². The van der Waals surface area contributed by atoms with Crippen LogP contribution in [0.1, 0.15) is 0 Å². The van der Waals surface area contributed by atoms with Crippen LogP contribution >= 0.6 is 0 Å². The molecule has 0 aromatic heterocycles. The summed E-state index contributed by atoms with van der Waals surface area (Å²) in [6.07, 6.45) is -16.0. The van der Waals surface area contributed by atoms with Gasteiger partial charge >= 0.3 is 0 Å². The number of rotatable bonds is 6. The minimum absolute atomic E-state index is 0.263. The number of hydrogen-bond donors (Lipinski definition) is 9. The van der Waals surface area contributed by atoms with Crippen LogP contribution in [0.3, 0.4) is 0 Å². The van der Waals surface area contributed by atoms with E-state index in [4.69, 9.17) is 18.9 Å². The van der Waals surface area contributed by atoms with Crippen LogP contribution < -0.4 is 4.74 Å². The fourth-order valence-electron chi connectivity index (χ4n) is 3.38. The zero-order valence-corrected chi connectivity index (χ0v) is 16.1. The smallest absolute Gasteiger partial charge is 0.229 e. The molecule has 0 unspecified atom stereocenters. The Balaban J connectivity index is 1.74. The lowest BCUT2D eigenvalue weighted by atomic mass is 9.97. The van der Waals surface area contributed by atoms with E-state index in [0.717, 1.165) is 0 Å². The molecule has 0 saturated carbocycles. The maximum absolute atomic E-state index is 10.5. The zero-order valence-electron chi connectivity index (χ0n) is 16.1. The van der Waals surface area contributed by atoms with Gasteiger partial charge < -0.3 is 64.9 Å². The second-order valence-corrected chi connectivity index (χ2v) is 7.25. The predicted octanol–water partition coefficient (Wildman–Crippen LogP) is -3.90. The fraction of sp³-hybridized carbons (Fsp3) is 0.667. The SMILES string of the molecule is OC[C@H]1O[C@@H](O[C@H]2[C@H](O)[C@@H](O)[C@H](Oc3cccc(O)c3O)O[C@@H]2CO)[C@H](O)[C@@H](O)[C@H]1O.